The lowest BCUT2D eigenvalue weighted by atomic mass is 10.2. The Morgan fingerprint density at radius 2 is 2.00 bits per heavy atom. The highest BCUT2D eigenvalue weighted by molar-refractivity contribution is 7.27. The molecule has 0 saturated carbocycles. The van der Waals surface area contributed by atoms with E-state index in [0.717, 1.165) is 10.9 Å². The monoisotopic (exact) mass is 137 g/mol. The molecule has 1 aromatic carbocycles. The molecule has 0 fully saturated rings. The van der Waals surface area contributed by atoms with E-state index in [-0.39, 0.29) is 0 Å². The van der Waals surface area contributed by atoms with Crippen LogP contribution < -0.4 is 5.30 Å². The highest BCUT2D eigenvalue weighted by Gasteiger charge is 1.88. The van der Waals surface area contributed by atoms with Crippen molar-refractivity contribution in [3.8, 4) is 0 Å². The molecule has 2 heteroatoms. The lowest BCUT2D eigenvalue weighted by molar-refractivity contribution is 1.55. The van der Waals surface area contributed by atoms with Crippen LogP contribution >= 0.6 is 9.24 Å². The van der Waals surface area contributed by atoms with Gasteiger partial charge in [0.15, 0.2) is 0 Å². The fraction of sp³-hybridized carbons (Fsp3) is 0. The van der Waals surface area contributed by atoms with Crippen LogP contribution in [0.2, 0.25) is 0 Å². The first-order chi connectivity index (χ1) is 4.34. The summed E-state index contributed by atoms with van der Waals surface area (Å²) in [6.45, 7) is 0. The topological polar surface area (TPSA) is 23.9 Å². The predicted octanol–water partition coefficient (Wildman–Crippen LogP) is 1.18. The smallest absolute Gasteiger partial charge is 0.0256 e. The summed E-state index contributed by atoms with van der Waals surface area (Å²) in [6.07, 6.45) is 1.35. The second kappa shape index (κ2) is 2.75. The van der Waals surface area contributed by atoms with E-state index >= 15 is 0 Å². The standard InChI is InChI=1S/C7H8NP/c8-5-6-3-1-2-4-7(6)9/h1-5,8H,9H2. The average Bonchev–Trinajstić information content (AvgIpc) is 1.89. The highest BCUT2D eigenvalue weighted by atomic mass is 31.0. The average molecular weight is 137 g/mol. The summed E-state index contributed by atoms with van der Waals surface area (Å²) in [6, 6.07) is 7.75. The van der Waals surface area contributed by atoms with Crippen molar-refractivity contribution in [2.24, 2.45) is 0 Å². The molecule has 0 aromatic heterocycles. The van der Waals surface area contributed by atoms with Crippen LogP contribution in [-0.4, -0.2) is 6.21 Å². The van der Waals surface area contributed by atoms with Crippen molar-refractivity contribution >= 4 is 20.8 Å². The SMILES string of the molecule is N=Cc1ccccc1P. The van der Waals surface area contributed by atoms with Crippen molar-refractivity contribution in [2.45, 2.75) is 0 Å². The maximum atomic E-state index is 6.95. The van der Waals surface area contributed by atoms with Crippen LogP contribution in [0.3, 0.4) is 0 Å². The minimum absolute atomic E-state index is 0.961. The Morgan fingerprint density at radius 1 is 1.33 bits per heavy atom. The van der Waals surface area contributed by atoms with E-state index in [4.69, 9.17) is 5.41 Å². The van der Waals surface area contributed by atoms with Gasteiger partial charge in [0.2, 0.25) is 0 Å². The Labute approximate surface area is 56.8 Å². The zero-order chi connectivity index (χ0) is 6.69. The van der Waals surface area contributed by atoms with Gasteiger partial charge in [-0.05, 0) is 10.9 Å². The molecule has 1 nitrogen and oxygen atoms in total. The summed E-state index contributed by atoms with van der Waals surface area (Å²) in [5.41, 5.74) is 0.961. The molecule has 1 N–H and O–H groups in total. The molecule has 1 atom stereocenters. The third-order valence-corrected chi connectivity index (χ3v) is 1.68. The summed E-state index contributed by atoms with van der Waals surface area (Å²) in [5.74, 6) is 0. The van der Waals surface area contributed by atoms with Crippen LogP contribution in [0.25, 0.3) is 0 Å². The van der Waals surface area contributed by atoms with Gasteiger partial charge in [-0.2, -0.15) is 0 Å². The Balaban J connectivity index is 3.15. The number of rotatable bonds is 1. The molecule has 0 aliphatic rings. The zero-order valence-corrected chi connectivity index (χ0v) is 6.12. The van der Waals surface area contributed by atoms with E-state index in [1.165, 1.54) is 6.21 Å². The third-order valence-electron chi connectivity index (χ3n) is 1.15. The Kier molecular flexibility index (Phi) is 1.96. The normalized spacial score (nSPS) is 9.00. The molecule has 0 saturated heterocycles. The summed E-state index contributed by atoms with van der Waals surface area (Å²) >= 11 is 0. The van der Waals surface area contributed by atoms with Crippen LogP contribution in [0.1, 0.15) is 5.56 Å². The molecule has 0 spiro atoms. The maximum absolute atomic E-state index is 6.95. The van der Waals surface area contributed by atoms with Gasteiger partial charge in [-0.1, -0.05) is 24.3 Å². The minimum atomic E-state index is 0.961. The Hall–Kier alpha value is -0.680. The summed E-state index contributed by atoms with van der Waals surface area (Å²) in [5, 5.41) is 8.02. The minimum Gasteiger partial charge on any atom is -0.308 e. The van der Waals surface area contributed by atoms with Gasteiger partial charge in [-0.15, -0.1) is 9.24 Å². The van der Waals surface area contributed by atoms with Gasteiger partial charge in [-0.25, -0.2) is 0 Å². The van der Waals surface area contributed by atoms with Crippen molar-refractivity contribution < 1.29 is 0 Å². The van der Waals surface area contributed by atoms with Crippen LogP contribution in [0.5, 0.6) is 0 Å². The molecular formula is C7H8NP. The van der Waals surface area contributed by atoms with E-state index in [9.17, 15) is 0 Å². The Bertz CT molecular complexity index is 220. The van der Waals surface area contributed by atoms with Crippen LogP contribution in [-0.2, 0) is 0 Å². The van der Waals surface area contributed by atoms with Crippen molar-refractivity contribution in [2.75, 3.05) is 0 Å². The fourth-order valence-corrected chi connectivity index (χ4v) is 0.933. The third kappa shape index (κ3) is 1.36. The van der Waals surface area contributed by atoms with Crippen LogP contribution in [0.4, 0.5) is 0 Å². The lowest BCUT2D eigenvalue weighted by Crippen LogP contribution is -1.97. The number of nitrogens with one attached hydrogen (secondary N) is 1. The molecule has 0 aliphatic heterocycles. The molecule has 0 bridgehead atoms. The summed E-state index contributed by atoms with van der Waals surface area (Å²) < 4.78 is 0. The quantitative estimate of drug-likeness (QED) is 0.444. The van der Waals surface area contributed by atoms with E-state index in [1.807, 2.05) is 24.3 Å². The molecule has 46 valence electrons. The second-order valence-corrected chi connectivity index (χ2v) is 2.40. The predicted molar refractivity (Wildman–Crippen MR) is 43.7 cm³/mol. The Morgan fingerprint density at radius 3 is 2.44 bits per heavy atom. The second-order valence-electron chi connectivity index (χ2n) is 1.77. The zero-order valence-electron chi connectivity index (χ0n) is 4.96. The molecule has 0 radical (unpaired) electrons. The number of hydrogen-bond donors (Lipinski definition) is 1. The fourth-order valence-electron chi connectivity index (χ4n) is 0.642. The first kappa shape index (κ1) is 6.44. The highest BCUT2D eigenvalue weighted by Crippen LogP contribution is 1.95. The first-order valence-electron chi connectivity index (χ1n) is 2.69. The molecular weight excluding hydrogens is 129 g/mol. The van der Waals surface area contributed by atoms with E-state index in [0.29, 0.717) is 0 Å². The van der Waals surface area contributed by atoms with Crippen LogP contribution in [0, 0.1) is 5.41 Å². The van der Waals surface area contributed by atoms with Crippen molar-refractivity contribution in [1.82, 2.24) is 0 Å². The summed E-state index contributed by atoms with van der Waals surface area (Å²) in [7, 11) is 2.58. The summed E-state index contributed by atoms with van der Waals surface area (Å²) in [4.78, 5) is 0. The molecule has 1 rings (SSSR count). The molecule has 0 amide bonds. The van der Waals surface area contributed by atoms with Gasteiger partial charge in [-0.3, -0.25) is 0 Å². The van der Waals surface area contributed by atoms with Gasteiger partial charge in [0.25, 0.3) is 0 Å². The van der Waals surface area contributed by atoms with Gasteiger partial charge in [0.05, 0.1) is 0 Å². The number of benzene rings is 1. The molecule has 0 heterocycles. The largest absolute Gasteiger partial charge is 0.308 e. The van der Waals surface area contributed by atoms with Gasteiger partial charge >= 0.3 is 0 Å². The molecule has 0 aliphatic carbocycles. The van der Waals surface area contributed by atoms with Gasteiger partial charge < -0.3 is 5.41 Å². The van der Waals surface area contributed by atoms with Crippen molar-refractivity contribution in [1.29, 1.82) is 5.41 Å². The maximum Gasteiger partial charge on any atom is 0.0256 e. The van der Waals surface area contributed by atoms with E-state index in [1.54, 1.807) is 0 Å². The van der Waals surface area contributed by atoms with Crippen molar-refractivity contribution in [3.63, 3.8) is 0 Å². The molecule has 9 heavy (non-hydrogen) atoms. The van der Waals surface area contributed by atoms with Gasteiger partial charge in [0, 0.05) is 6.21 Å². The lowest BCUT2D eigenvalue weighted by Gasteiger charge is -1.93. The molecule has 1 aromatic rings. The van der Waals surface area contributed by atoms with Crippen LogP contribution in [0.15, 0.2) is 24.3 Å². The first-order valence-corrected chi connectivity index (χ1v) is 3.27. The van der Waals surface area contributed by atoms with Crippen molar-refractivity contribution in [3.05, 3.63) is 29.8 Å². The molecule has 1 unspecified atom stereocenters. The van der Waals surface area contributed by atoms with E-state index < -0.39 is 0 Å². The van der Waals surface area contributed by atoms with E-state index in [2.05, 4.69) is 9.24 Å². The number of hydrogen-bond acceptors (Lipinski definition) is 1. The van der Waals surface area contributed by atoms with Gasteiger partial charge in [0.1, 0.15) is 0 Å².